The smallest absolute Gasteiger partial charge is 0.215 e. The minimum absolute atomic E-state index is 0.0564. The summed E-state index contributed by atoms with van der Waals surface area (Å²) in [5.41, 5.74) is 3.50. The van der Waals surface area contributed by atoms with E-state index in [9.17, 15) is 10.2 Å². The van der Waals surface area contributed by atoms with Gasteiger partial charge in [-0.1, -0.05) is 24.3 Å². The van der Waals surface area contributed by atoms with E-state index < -0.39 is 0 Å². The van der Waals surface area contributed by atoms with Crippen LogP contribution in [0.5, 0.6) is 11.6 Å². The monoisotopic (exact) mass is 352 g/mol. The third-order valence-electron chi connectivity index (χ3n) is 3.74. The summed E-state index contributed by atoms with van der Waals surface area (Å²) in [6, 6.07) is 14.5. The number of para-hydroxylation sites is 1. The molecule has 0 fully saturated rings. The van der Waals surface area contributed by atoms with Gasteiger partial charge in [-0.15, -0.1) is 11.3 Å². The van der Waals surface area contributed by atoms with Crippen LogP contribution in [0.15, 0.2) is 53.5 Å². The number of hydrogen-bond acceptors (Lipinski definition) is 5. The molecule has 1 aliphatic rings. The summed E-state index contributed by atoms with van der Waals surface area (Å²) in [6.07, 6.45) is 3.66. The second-order valence-electron chi connectivity index (χ2n) is 5.29. The normalized spacial score (nSPS) is 14.2. The molecular weight excluding hydrogens is 340 g/mol. The van der Waals surface area contributed by atoms with Crippen LogP contribution in [0.25, 0.3) is 17.3 Å². The van der Waals surface area contributed by atoms with E-state index in [-0.39, 0.29) is 11.6 Å². The molecule has 2 N–H and O–H groups in total. The average Bonchev–Trinajstić information content (AvgIpc) is 3.09. The lowest BCUT2D eigenvalue weighted by Gasteiger charge is -2.05. The zero-order valence-corrected chi connectivity index (χ0v) is 14.0. The zero-order chi connectivity index (χ0) is 16.7. The number of aromatic nitrogens is 1. The summed E-state index contributed by atoms with van der Waals surface area (Å²) < 4.78 is 2.05. The summed E-state index contributed by atoms with van der Waals surface area (Å²) in [5.74, 6) is 0.178. The maximum Gasteiger partial charge on any atom is 0.215 e. The third-order valence-corrected chi connectivity index (χ3v) is 5.05. The Bertz CT molecular complexity index is 1060. The molecule has 1 aromatic heterocycles. The summed E-state index contributed by atoms with van der Waals surface area (Å²) in [7, 11) is 0. The largest absolute Gasteiger partial charge is 0.508 e. The Balaban J connectivity index is 1.83. The fraction of sp³-hybridized carbons (Fsp3) is 0. The molecule has 2 heterocycles. The summed E-state index contributed by atoms with van der Waals surface area (Å²) in [6.45, 7) is 0. The molecule has 0 saturated carbocycles. The molecule has 2 aromatic carbocycles. The van der Waals surface area contributed by atoms with Crippen LogP contribution in [0.2, 0.25) is 0 Å². The summed E-state index contributed by atoms with van der Waals surface area (Å²) >= 11 is 6.69. The molecule has 0 radical (unpaired) electrons. The molecule has 0 aliphatic carbocycles. The molecule has 0 amide bonds. The molecule has 118 valence electrons. The minimum atomic E-state index is 0.0564. The van der Waals surface area contributed by atoms with Crippen LogP contribution in [-0.2, 0) is 0 Å². The van der Waals surface area contributed by atoms with E-state index in [1.807, 2.05) is 30.3 Å². The summed E-state index contributed by atoms with van der Waals surface area (Å²) in [4.78, 5) is 5.02. The van der Waals surface area contributed by atoms with E-state index in [0.717, 1.165) is 16.8 Å². The number of nitrogens with zero attached hydrogens (tertiary/aromatic N) is 2. The highest BCUT2D eigenvalue weighted by Gasteiger charge is 2.16. The van der Waals surface area contributed by atoms with Crippen LogP contribution < -0.4 is 0 Å². The Morgan fingerprint density at radius 2 is 1.92 bits per heavy atom. The van der Waals surface area contributed by atoms with Gasteiger partial charge < -0.3 is 10.2 Å². The molecule has 0 saturated heterocycles. The van der Waals surface area contributed by atoms with Gasteiger partial charge in [-0.3, -0.25) is 9.56 Å². The van der Waals surface area contributed by atoms with Crippen molar-refractivity contribution >= 4 is 47.1 Å². The first-order valence-electron chi connectivity index (χ1n) is 7.23. The second-order valence-corrected chi connectivity index (χ2v) is 6.96. The van der Waals surface area contributed by atoms with E-state index in [1.165, 1.54) is 11.3 Å². The van der Waals surface area contributed by atoms with Gasteiger partial charge >= 0.3 is 0 Å². The van der Waals surface area contributed by atoms with Gasteiger partial charge in [-0.05, 0) is 36.5 Å². The number of phenols is 1. The quantitative estimate of drug-likeness (QED) is 0.643. The molecule has 4 rings (SSSR count). The Labute approximate surface area is 147 Å². The van der Waals surface area contributed by atoms with Crippen molar-refractivity contribution in [1.82, 2.24) is 4.57 Å². The molecule has 24 heavy (non-hydrogen) atoms. The predicted molar refractivity (Wildman–Crippen MR) is 100 cm³/mol. The van der Waals surface area contributed by atoms with Crippen molar-refractivity contribution in [3.63, 3.8) is 0 Å². The Hall–Kier alpha value is -2.70. The first-order chi connectivity index (χ1) is 11.6. The first kappa shape index (κ1) is 14.9. The van der Waals surface area contributed by atoms with Crippen LogP contribution in [0.4, 0.5) is 5.69 Å². The van der Waals surface area contributed by atoms with Crippen LogP contribution in [-0.4, -0.2) is 21.0 Å². The highest BCUT2D eigenvalue weighted by molar-refractivity contribution is 7.73. The van der Waals surface area contributed by atoms with Crippen LogP contribution in [0, 0.1) is 3.95 Å². The second kappa shape index (κ2) is 5.74. The Kier molecular flexibility index (Phi) is 3.55. The molecule has 6 heteroatoms. The molecule has 4 nitrogen and oxygen atoms in total. The average molecular weight is 352 g/mol. The molecule has 0 atom stereocenters. The SMILES string of the molecule is Oc1cccc(-n2c(O)c(/C=C3/C=Nc4ccccc43)sc2=S)c1. The molecule has 0 unspecified atom stereocenters. The third kappa shape index (κ3) is 2.46. The van der Waals surface area contributed by atoms with Gasteiger partial charge in [0.15, 0.2) is 3.95 Å². The molecule has 0 spiro atoms. The highest BCUT2D eigenvalue weighted by Crippen LogP contribution is 2.37. The number of fused-ring (bicyclic) bond motifs is 1. The number of rotatable bonds is 2. The highest BCUT2D eigenvalue weighted by atomic mass is 32.1. The van der Waals surface area contributed by atoms with Crippen molar-refractivity contribution in [2.45, 2.75) is 0 Å². The van der Waals surface area contributed by atoms with Crippen molar-refractivity contribution in [1.29, 1.82) is 0 Å². The Morgan fingerprint density at radius 3 is 2.75 bits per heavy atom. The van der Waals surface area contributed by atoms with Gasteiger partial charge in [0.2, 0.25) is 5.88 Å². The van der Waals surface area contributed by atoms with E-state index >= 15 is 0 Å². The van der Waals surface area contributed by atoms with Crippen molar-refractivity contribution < 1.29 is 10.2 Å². The number of benzene rings is 2. The van der Waals surface area contributed by atoms with Crippen LogP contribution in [0.3, 0.4) is 0 Å². The lowest BCUT2D eigenvalue weighted by molar-refractivity contribution is 0.440. The minimum Gasteiger partial charge on any atom is -0.508 e. The first-order valence-corrected chi connectivity index (χ1v) is 8.45. The molecule has 1 aliphatic heterocycles. The van der Waals surface area contributed by atoms with Gasteiger partial charge in [-0.25, -0.2) is 0 Å². The Morgan fingerprint density at radius 1 is 1.08 bits per heavy atom. The predicted octanol–water partition coefficient (Wildman–Crippen LogP) is 4.94. The lowest BCUT2D eigenvalue weighted by Crippen LogP contribution is -1.92. The van der Waals surface area contributed by atoms with E-state index in [1.54, 1.807) is 35.0 Å². The van der Waals surface area contributed by atoms with Gasteiger partial charge in [0.1, 0.15) is 5.75 Å². The number of aromatic hydroxyl groups is 2. The number of hydrogen-bond donors (Lipinski definition) is 2. The summed E-state index contributed by atoms with van der Waals surface area (Å²) in [5, 5.41) is 20.2. The molecule has 0 bridgehead atoms. The fourth-order valence-electron chi connectivity index (χ4n) is 2.63. The maximum absolute atomic E-state index is 10.6. The van der Waals surface area contributed by atoms with Crippen LogP contribution in [0.1, 0.15) is 10.4 Å². The lowest BCUT2D eigenvalue weighted by atomic mass is 10.1. The van der Waals surface area contributed by atoms with Gasteiger partial charge in [0.25, 0.3) is 0 Å². The topological polar surface area (TPSA) is 57.8 Å². The van der Waals surface area contributed by atoms with Crippen molar-refractivity contribution in [2.24, 2.45) is 4.99 Å². The zero-order valence-electron chi connectivity index (χ0n) is 12.4. The molecule has 3 aromatic rings. The van der Waals surface area contributed by atoms with Gasteiger partial charge in [0.05, 0.1) is 16.3 Å². The van der Waals surface area contributed by atoms with E-state index in [2.05, 4.69) is 4.99 Å². The number of thiazole rings is 1. The fourth-order valence-corrected chi connectivity index (χ4v) is 3.93. The van der Waals surface area contributed by atoms with Crippen LogP contribution >= 0.6 is 23.6 Å². The molecular formula is C18H12N2O2S2. The maximum atomic E-state index is 10.6. The van der Waals surface area contributed by atoms with Crippen molar-refractivity contribution in [3.05, 3.63) is 62.9 Å². The van der Waals surface area contributed by atoms with Gasteiger partial charge in [-0.2, -0.15) is 0 Å². The number of phenolic OH excluding ortho intramolecular Hbond substituents is 1. The van der Waals surface area contributed by atoms with E-state index in [0.29, 0.717) is 14.5 Å². The van der Waals surface area contributed by atoms with Crippen molar-refractivity contribution in [2.75, 3.05) is 0 Å². The van der Waals surface area contributed by atoms with Crippen molar-refractivity contribution in [3.8, 4) is 17.3 Å². The standard InChI is InChI=1S/C18H12N2O2S2/c21-13-5-3-4-12(9-13)20-17(22)16(24-18(20)23)8-11-10-19-15-7-2-1-6-14(11)15/h1-10,21-22H/b11-8-. The van der Waals surface area contributed by atoms with E-state index in [4.69, 9.17) is 12.2 Å². The number of allylic oxidation sites excluding steroid dienone is 1. The number of aliphatic imine (C=N–C) groups is 1. The van der Waals surface area contributed by atoms with Gasteiger partial charge in [0, 0.05) is 23.4 Å².